The molecule has 1 heterocycles. The highest BCUT2D eigenvalue weighted by molar-refractivity contribution is 7.22. The predicted molar refractivity (Wildman–Crippen MR) is 94.2 cm³/mol. The number of aromatic nitrogens is 1. The molecule has 0 atom stereocenters. The Morgan fingerprint density at radius 1 is 1.13 bits per heavy atom. The molecule has 1 aromatic heterocycles. The summed E-state index contributed by atoms with van der Waals surface area (Å²) in [6.07, 6.45) is 0.868. The van der Waals surface area contributed by atoms with Crippen LogP contribution in [0, 0.1) is 0 Å². The van der Waals surface area contributed by atoms with Crippen LogP contribution in [0.2, 0.25) is 0 Å². The second kappa shape index (κ2) is 7.24. The van der Waals surface area contributed by atoms with E-state index in [1.165, 1.54) is 11.3 Å². The van der Waals surface area contributed by atoms with Crippen LogP contribution in [0.5, 0.6) is 5.75 Å². The fourth-order valence-electron chi connectivity index (χ4n) is 2.27. The molecule has 0 aliphatic carbocycles. The molecule has 23 heavy (non-hydrogen) atoms. The summed E-state index contributed by atoms with van der Waals surface area (Å²) in [7, 11) is 0. The van der Waals surface area contributed by atoms with Crippen LogP contribution in [0.4, 0.5) is 5.13 Å². The third-order valence-electron chi connectivity index (χ3n) is 3.37. The van der Waals surface area contributed by atoms with Gasteiger partial charge in [-0.15, -0.1) is 0 Å². The number of amides is 1. The first-order valence-electron chi connectivity index (χ1n) is 7.61. The van der Waals surface area contributed by atoms with Gasteiger partial charge >= 0.3 is 0 Å². The Morgan fingerprint density at radius 3 is 2.61 bits per heavy atom. The van der Waals surface area contributed by atoms with E-state index >= 15 is 0 Å². The van der Waals surface area contributed by atoms with Crippen molar-refractivity contribution in [2.75, 3.05) is 18.1 Å². The first-order chi connectivity index (χ1) is 11.3. The van der Waals surface area contributed by atoms with Gasteiger partial charge in [-0.2, -0.15) is 0 Å². The quantitative estimate of drug-likeness (QED) is 0.684. The van der Waals surface area contributed by atoms with E-state index in [9.17, 15) is 4.79 Å². The maximum absolute atomic E-state index is 12.6. The molecule has 0 aliphatic rings. The lowest BCUT2D eigenvalue weighted by Crippen LogP contribution is -2.35. The van der Waals surface area contributed by atoms with Crippen LogP contribution in [0.25, 0.3) is 10.2 Å². The summed E-state index contributed by atoms with van der Waals surface area (Å²) in [5.74, 6) is 0.622. The molecule has 0 radical (unpaired) electrons. The number of anilines is 1. The van der Waals surface area contributed by atoms with Crippen LogP contribution in [0.1, 0.15) is 13.3 Å². The monoisotopic (exact) mass is 326 g/mol. The van der Waals surface area contributed by atoms with Crippen LogP contribution in [-0.2, 0) is 4.79 Å². The normalized spacial score (nSPS) is 10.7. The van der Waals surface area contributed by atoms with Crippen molar-refractivity contribution in [3.63, 3.8) is 0 Å². The first kappa shape index (κ1) is 15.5. The van der Waals surface area contributed by atoms with Gasteiger partial charge in [0.2, 0.25) is 0 Å². The highest BCUT2D eigenvalue weighted by Gasteiger charge is 2.19. The van der Waals surface area contributed by atoms with Gasteiger partial charge in [0.1, 0.15) is 5.75 Å². The predicted octanol–water partition coefficient (Wildman–Crippen LogP) is 4.12. The number of fused-ring (bicyclic) bond motifs is 1. The van der Waals surface area contributed by atoms with Gasteiger partial charge in [-0.3, -0.25) is 9.69 Å². The molecule has 0 spiro atoms. The number of thiazole rings is 1. The van der Waals surface area contributed by atoms with Crippen molar-refractivity contribution >= 4 is 32.6 Å². The third-order valence-corrected chi connectivity index (χ3v) is 4.43. The third kappa shape index (κ3) is 3.68. The number of benzene rings is 2. The van der Waals surface area contributed by atoms with E-state index in [-0.39, 0.29) is 12.5 Å². The average Bonchev–Trinajstić information content (AvgIpc) is 3.02. The number of carbonyl (C=O) groups is 1. The maximum Gasteiger partial charge on any atom is 0.266 e. The molecule has 0 aliphatic heterocycles. The van der Waals surface area contributed by atoms with Gasteiger partial charge in [0.05, 0.1) is 10.2 Å². The standard InChI is InChI=1S/C18H18N2O2S/c1-2-12-20(17(21)13-22-14-8-4-3-5-9-14)18-19-15-10-6-7-11-16(15)23-18/h3-11H,2,12-13H2,1H3. The molecule has 3 aromatic rings. The van der Waals surface area contributed by atoms with Crippen molar-refractivity contribution in [2.24, 2.45) is 0 Å². The maximum atomic E-state index is 12.6. The minimum absolute atomic E-state index is 0.0138. The molecular formula is C18H18N2O2S. The number of rotatable bonds is 6. The Balaban J connectivity index is 1.76. The number of hydrogen-bond acceptors (Lipinski definition) is 4. The SMILES string of the molecule is CCCN(C(=O)COc1ccccc1)c1nc2ccccc2s1. The Kier molecular flexibility index (Phi) is 4.88. The minimum atomic E-state index is -0.0743. The van der Waals surface area contributed by atoms with E-state index in [1.807, 2.05) is 61.5 Å². The number of nitrogens with zero attached hydrogens (tertiary/aromatic N) is 2. The molecule has 0 bridgehead atoms. The number of hydrogen-bond donors (Lipinski definition) is 0. The first-order valence-corrected chi connectivity index (χ1v) is 8.43. The number of ether oxygens (including phenoxy) is 1. The summed E-state index contributed by atoms with van der Waals surface area (Å²) in [6.45, 7) is 2.70. The molecule has 0 unspecified atom stereocenters. The fourth-order valence-corrected chi connectivity index (χ4v) is 3.27. The van der Waals surface area contributed by atoms with E-state index in [1.54, 1.807) is 4.90 Å². The molecular weight excluding hydrogens is 308 g/mol. The smallest absolute Gasteiger partial charge is 0.266 e. The van der Waals surface area contributed by atoms with Crippen molar-refractivity contribution in [1.82, 2.24) is 4.98 Å². The highest BCUT2D eigenvalue weighted by Crippen LogP contribution is 2.28. The van der Waals surface area contributed by atoms with Gasteiger partial charge in [0.15, 0.2) is 11.7 Å². The van der Waals surface area contributed by atoms with Gasteiger partial charge in [0.25, 0.3) is 5.91 Å². The number of para-hydroxylation sites is 2. The van der Waals surface area contributed by atoms with E-state index in [0.29, 0.717) is 12.3 Å². The molecule has 2 aromatic carbocycles. The zero-order valence-corrected chi connectivity index (χ0v) is 13.8. The Bertz CT molecular complexity index is 753. The zero-order valence-electron chi connectivity index (χ0n) is 12.9. The number of carbonyl (C=O) groups excluding carboxylic acids is 1. The largest absolute Gasteiger partial charge is 0.484 e. The summed E-state index contributed by atoms with van der Waals surface area (Å²) in [5, 5.41) is 0.731. The highest BCUT2D eigenvalue weighted by atomic mass is 32.1. The minimum Gasteiger partial charge on any atom is -0.484 e. The van der Waals surface area contributed by atoms with Gasteiger partial charge < -0.3 is 4.74 Å². The van der Waals surface area contributed by atoms with E-state index in [4.69, 9.17) is 4.74 Å². The van der Waals surface area contributed by atoms with Crippen molar-refractivity contribution in [2.45, 2.75) is 13.3 Å². The molecule has 0 saturated carbocycles. The van der Waals surface area contributed by atoms with E-state index in [2.05, 4.69) is 4.98 Å². The van der Waals surface area contributed by atoms with Gasteiger partial charge in [-0.25, -0.2) is 4.98 Å². The van der Waals surface area contributed by atoms with Gasteiger partial charge in [-0.1, -0.05) is 48.6 Å². The zero-order chi connectivity index (χ0) is 16.1. The van der Waals surface area contributed by atoms with Crippen molar-refractivity contribution in [1.29, 1.82) is 0 Å². The lowest BCUT2D eigenvalue weighted by molar-refractivity contribution is -0.120. The molecule has 0 saturated heterocycles. The van der Waals surface area contributed by atoms with Crippen LogP contribution >= 0.6 is 11.3 Å². The molecule has 0 fully saturated rings. The summed E-state index contributed by atoms with van der Waals surface area (Å²) in [4.78, 5) is 18.8. The lowest BCUT2D eigenvalue weighted by Gasteiger charge is -2.19. The Hall–Kier alpha value is -2.40. The average molecular weight is 326 g/mol. The van der Waals surface area contributed by atoms with E-state index in [0.717, 1.165) is 21.8 Å². The fraction of sp³-hybridized carbons (Fsp3) is 0.222. The van der Waals surface area contributed by atoms with Gasteiger partial charge in [0, 0.05) is 6.54 Å². The summed E-state index contributed by atoms with van der Waals surface area (Å²) < 4.78 is 6.66. The van der Waals surface area contributed by atoms with Crippen LogP contribution < -0.4 is 9.64 Å². The van der Waals surface area contributed by atoms with Gasteiger partial charge in [-0.05, 0) is 30.7 Å². The molecule has 118 valence electrons. The molecule has 3 rings (SSSR count). The molecule has 1 amide bonds. The molecule has 0 N–H and O–H groups in total. The summed E-state index contributed by atoms with van der Waals surface area (Å²) in [5.41, 5.74) is 0.922. The Morgan fingerprint density at radius 2 is 1.87 bits per heavy atom. The van der Waals surface area contributed by atoms with Crippen molar-refractivity contribution < 1.29 is 9.53 Å². The Labute approximate surface area is 139 Å². The van der Waals surface area contributed by atoms with Crippen molar-refractivity contribution in [3.8, 4) is 5.75 Å². The summed E-state index contributed by atoms with van der Waals surface area (Å²) >= 11 is 1.53. The van der Waals surface area contributed by atoms with Crippen LogP contribution in [-0.4, -0.2) is 24.0 Å². The second-order valence-corrected chi connectivity index (χ2v) is 6.12. The lowest BCUT2D eigenvalue weighted by atomic mass is 10.3. The van der Waals surface area contributed by atoms with Crippen LogP contribution in [0.3, 0.4) is 0 Å². The second-order valence-electron chi connectivity index (χ2n) is 5.11. The topological polar surface area (TPSA) is 42.4 Å². The van der Waals surface area contributed by atoms with E-state index < -0.39 is 0 Å². The molecule has 4 nitrogen and oxygen atoms in total. The van der Waals surface area contributed by atoms with Crippen molar-refractivity contribution in [3.05, 3.63) is 54.6 Å². The summed E-state index contributed by atoms with van der Waals surface area (Å²) in [6, 6.07) is 17.3. The molecule has 5 heteroatoms. The van der Waals surface area contributed by atoms with Crippen LogP contribution in [0.15, 0.2) is 54.6 Å².